The maximum absolute atomic E-state index is 12.7. The number of para-hydroxylation sites is 1. The third-order valence-corrected chi connectivity index (χ3v) is 5.10. The summed E-state index contributed by atoms with van der Waals surface area (Å²) in [4.78, 5) is 37.6. The number of amides is 2. The molecule has 2 amide bonds. The van der Waals surface area contributed by atoms with Gasteiger partial charge in [-0.25, -0.2) is 4.98 Å². The van der Waals surface area contributed by atoms with Crippen LogP contribution in [0.1, 0.15) is 16.1 Å². The Kier molecular flexibility index (Phi) is 6.07. The van der Waals surface area contributed by atoms with Crippen molar-refractivity contribution in [3.63, 3.8) is 0 Å². The molecule has 0 unspecified atom stereocenters. The maximum atomic E-state index is 12.7. The fourth-order valence-electron chi connectivity index (χ4n) is 3.39. The van der Waals surface area contributed by atoms with E-state index in [4.69, 9.17) is 0 Å². The lowest BCUT2D eigenvalue weighted by molar-refractivity contribution is -0.117. The molecule has 0 saturated heterocycles. The van der Waals surface area contributed by atoms with Crippen LogP contribution in [0.5, 0.6) is 0 Å². The molecule has 8 nitrogen and oxygen atoms in total. The maximum Gasteiger partial charge on any atom is 0.252 e. The molecule has 1 aromatic carbocycles. The number of nitrogens with zero attached hydrogens (tertiary/aromatic N) is 4. The molecule has 3 aromatic rings. The quantitative estimate of drug-likeness (QED) is 0.614. The van der Waals surface area contributed by atoms with E-state index in [0.717, 1.165) is 11.4 Å². The average molecular weight is 416 g/mol. The van der Waals surface area contributed by atoms with Gasteiger partial charge in [-0.1, -0.05) is 24.3 Å². The molecule has 31 heavy (non-hydrogen) atoms. The average Bonchev–Trinajstić information content (AvgIpc) is 2.81. The van der Waals surface area contributed by atoms with E-state index in [1.54, 1.807) is 17.2 Å². The zero-order valence-electron chi connectivity index (χ0n) is 17.3. The van der Waals surface area contributed by atoms with Crippen molar-refractivity contribution in [3.05, 3.63) is 78.2 Å². The van der Waals surface area contributed by atoms with Gasteiger partial charge in [0.1, 0.15) is 0 Å². The second-order valence-electron chi connectivity index (χ2n) is 7.26. The molecule has 0 bridgehead atoms. The highest BCUT2D eigenvalue weighted by atomic mass is 16.2. The monoisotopic (exact) mass is 416 g/mol. The minimum atomic E-state index is -0.229. The van der Waals surface area contributed by atoms with Gasteiger partial charge in [0.25, 0.3) is 5.91 Å². The number of benzene rings is 1. The number of fused-ring (bicyclic) bond motifs is 1. The molecule has 0 atom stereocenters. The van der Waals surface area contributed by atoms with E-state index >= 15 is 0 Å². The lowest BCUT2D eigenvalue weighted by atomic mass is 10.1. The number of rotatable bonds is 7. The summed E-state index contributed by atoms with van der Waals surface area (Å²) in [5.41, 5.74) is 2.84. The van der Waals surface area contributed by atoms with Crippen LogP contribution in [-0.4, -0.2) is 48.5 Å². The predicted molar refractivity (Wildman–Crippen MR) is 120 cm³/mol. The largest absolute Gasteiger partial charge is 0.373 e. The van der Waals surface area contributed by atoms with Gasteiger partial charge in [0, 0.05) is 38.2 Å². The molecule has 2 aromatic heterocycles. The summed E-state index contributed by atoms with van der Waals surface area (Å²) in [6.07, 6.45) is 3.22. The Hall–Kier alpha value is -3.94. The molecule has 0 fully saturated rings. The number of carbonyl (C=O) groups excluding carboxylic acids is 2. The van der Waals surface area contributed by atoms with Crippen LogP contribution in [-0.2, 0) is 11.3 Å². The Bertz CT molecular complexity index is 1060. The third-order valence-electron chi connectivity index (χ3n) is 5.10. The first-order valence-corrected chi connectivity index (χ1v) is 10.1. The van der Waals surface area contributed by atoms with Gasteiger partial charge < -0.3 is 20.4 Å². The molecule has 1 aliphatic rings. The zero-order chi connectivity index (χ0) is 21.6. The summed E-state index contributed by atoms with van der Waals surface area (Å²) >= 11 is 0. The highest BCUT2D eigenvalue weighted by molar-refractivity contribution is 6.04. The molecule has 3 heterocycles. The molecule has 0 saturated carbocycles. The van der Waals surface area contributed by atoms with E-state index < -0.39 is 0 Å². The van der Waals surface area contributed by atoms with Gasteiger partial charge in [-0.3, -0.25) is 14.6 Å². The number of aromatic nitrogens is 2. The first-order chi connectivity index (χ1) is 15.1. The molecular formula is C23H24N6O2. The summed E-state index contributed by atoms with van der Waals surface area (Å²) < 4.78 is 0. The Morgan fingerprint density at radius 1 is 1.16 bits per heavy atom. The van der Waals surface area contributed by atoms with Crippen molar-refractivity contribution in [1.82, 2.24) is 15.3 Å². The Balaban J connectivity index is 1.44. The van der Waals surface area contributed by atoms with E-state index in [9.17, 15) is 9.59 Å². The van der Waals surface area contributed by atoms with Crippen LogP contribution in [0.3, 0.4) is 0 Å². The van der Waals surface area contributed by atoms with Gasteiger partial charge in [0.05, 0.1) is 30.0 Å². The van der Waals surface area contributed by atoms with Crippen LogP contribution >= 0.6 is 0 Å². The van der Waals surface area contributed by atoms with E-state index in [1.165, 1.54) is 6.20 Å². The highest BCUT2D eigenvalue weighted by Crippen LogP contribution is 2.29. The number of likely N-dealkylation sites (N-methyl/N-ethyl adjacent to an activating group) is 1. The van der Waals surface area contributed by atoms with Crippen LogP contribution < -0.4 is 20.4 Å². The molecule has 4 rings (SSSR count). The number of hydrogen-bond donors (Lipinski definition) is 2. The van der Waals surface area contributed by atoms with Gasteiger partial charge in [0.2, 0.25) is 5.91 Å². The predicted octanol–water partition coefficient (Wildman–Crippen LogP) is 2.30. The van der Waals surface area contributed by atoms with Crippen LogP contribution in [0.4, 0.5) is 17.2 Å². The summed E-state index contributed by atoms with van der Waals surface area (Å²) in [5.74, 6) is 0.255. The van der Waals surface area contributed by atoms with Gasteiger partial charge in [-0.15, -0.1) is 0 Å². The lowest BCUT2D eigenvalue weighted by Crippen LogP contribution is -2.40. The van der Waals surface area contributed by atoms with Crippen LogP contribution in [0.25, 0.3) is 0 Å². The number of carbonyl (C=O) groups is 2. The Morgan fingerprint density at radius 3 is 2.74 bits per heavy atom. The molecular weight excluding hydrogens is 392 g/mol. The van der Waals surface area contributed by atoms with Crippen molar-refractivity contribution in [2.45, 2.75) is 6.54 Å². The van der Waals surface area contributed by atoms with Gasteiger partial charge in [0.15, 0.2) is 5.82 Å². The normalized spacial score (nSPS) is 12.7. The summed E-state index contributed by atoms with van der Waals surface area (Å²) in [5, 5.41) is 5.93. The summed E-state index contributed by atoms with van der Waals surface area (Å²) in [7, 11) is 1.98. The first kappa shape index (κ1) is 20.3. The third kappa shape index (κ3) is 4.80. The summed E-state index contributed by atoms with van der Waals surface area (Å²) in [6.45, 7) is 1.63. The summed E-state index contributed by atoms with van der Waals surface area (Å²) in [6, 6.07) is 17.3. The standard InChI is InChI=1S/C23H24N6O2/c1-28(19-8-3-2-4-9-19)12-11-25-23(31)17-13-20-22(26-14-17)27-15-21(30)29(20)16-18-7-5-6-10-24-18/h2-10,13-14H,11-12,15-16H2,1H3,(H,25,31)(H,26,27). The second-order valence-corrected chi connectivity index (χ2v) is 7.26. The van der Waals surface area contributed by atoms with Crippen molar-refractivity contribution < 1.29 is 9.59 Å². The van der Waals surface area contributed by atoms with E-state index in [1.807, 2.05) is 55.6 Å². The van der Waals surface area contributed by atoms with Crippen LogP contribution in [0.15, 0.2) is 67.0 Å². The minimum absolute atomic E-state index is 0.0954. The molecule has 8 heteroatoms. The second kappa shape index (κ2) is 9.25. The van der Waals surface area contributed by atoms with E-state index in [2.05, 4.69) is 25.5 Å². The number of pyridine rings is 2. The minimum Gasteiger partial charge on any atom is -0.373 e. The van der Waals surface area contributed by atoms with Crippen LogP contribution in [0.2, 0.25) is 0 Å². The van der Waals surface area contributed by atoms with E-state index in [0.29, 0.717) is 36.7 Å². The molecule has 2 N–H and O–H groups in total. The molecule has 158 valence electrons. The topological polar surface area (TPSA) is 90.5 Å². The van der Waals surface area contributed by atoms with Gasteiger partial charge in [-0.2, -0.15) is 0 Å². The van der Waals surface area contributed by atoms with Crippen molar-refractivity contribution in [3.8, 4) is 0 Å². The molecule has 1 aliphatic heterocycles. The SMILES string of the molecule is CN(CCNC(=O)c1cnc2c(c1)N(Cc1ccccn1)C(=O)CN2)c1ccccc1. The van der Waals surface area contributed by atoms with Gasteiger partial charge in [-0.05, 0) is 30.3 Å². The van der Waals surface area contributed by atoms with Crippen molar-refractivity contribution >= 4 is 29.0 Å². The fraction of sp³-hybridized carbons (Fsp3) is 0.217. The first-order valence-electron chi connectivity index (χ1n) is 10.1. The fourth-order valence-corrected chi connectivity index (χ4v) is 3.39. The Morgan fingerprint density at radius 2 is 1.97 bits per heavy atom. The van der Waals surface area contributed by atoms with Crippen molar-refractivity contribution in [2.24, 2.45) is 0 Å². The zero-order valence-corrected chi connectivity index (χ0v) is 17.3. The molecule has 0 aliphatic carbocycles. The van der Waals surface area contributed by atoms with E-state index in [-0.39, 0.29) is 18.4 Å². The van der Waals surface area contributed by atoms with Crippen molar-refractivity contribution in [2.75, 3.05) is 41.8 Å². The lowest BCUT2D eigenvalue weighted by Gasteiger charge is -2.29. The highest BCUT2D eigenvalue weighted by Gasteiger charge is 2.26. The number of hydrogen-bond acceptors (Lipinski definition) is 6. The number of anilines is 3. The smallest absolute Gasteiger partial charge is 0.252 e. The Labute approximate surface area is 180 Å². The molecule has 0 radical (unpaired) electrons. The van der Waals surface area contributed by atoms with Crippen molar-refractivity contribution in [1.29, 1.82) is 0 Å². The molecule has 0 spiro atoms. The number of nitrogens with one attached hydrogen (secondary N) is 2. The van der Waals surface area contributed by atoms with Gasteiger partial charge >= 0.3 is 0 Å². The van der Waals surface area contributed by atoms with Crippen LogP contribution in [0, 0.1) is 0 Å².